The number of rotatable bonds is 5. The maximum Gasteiger partial charge on any atom is 0.231 e. The molecule has 1 aliphatic rings. The van der Waals surface area contributed by atoms with E-state index in [0.29, 0.717) is 23.1 Å². The van der Waals surface area contributed by atoms with Crippen molar-refractivity contribution in [1.82, 2.24) is 20.2 Å². The zero-order valence-corrected chi connectivity index (χ0v) is 19.5. The van der Waals surface area contributed by atoms with Crippen molar-refractivity contribution < 1.29 is 14.2 Å². The molecule has 0 saturated heterocycles. The van der Waals surface area contributed by atoms with Gasteiger partial charge in [-0.2, -0.15) is 0 Å². The molecule has 4 heterocycles. The normalized spacial score (nSPS) is 12.1. The molecule has 1 N–H and O–H groups in total. The van der Waals surface area contributed by atoms with Gasteiger partial charge in [-0.15, -0.1) is 10.2 Å². The van der Waals surface area contributed by atoms with Crippen molar-refractivity contribution in [1.29, 1.82) is 0 Å². The summed E-state index contributed by atoms with van der Waals surface area (Å²) in [6.07, 6.45) is 5.20. The Hall–Kier alpha value is -5.24. The molecule has 3 aromatic heterocycles. The molecule has 0 spiro atoms. The number of hydrogen-bond donors (Lipinski definition) is 1. The molecule has 6 aromatic rings. The van der Waals surface area contributed by atoms with E-state index in [-0.39, 0.29) is 6.79 Å². The second kappa shape index (κ2) is 8.76. The van der Waals surface area contributed by atoms with Crippen LogP contribution in [-0.4, -0.2) is 27.0 Å². The first kappa shape index (κ1) is 21.1. The van der Waals surface area contributed by atoms with E-state index >= 15 is 0 Å². The average molecular weight is 486 g/mol. The molecule has 8 nitrogen and oxygen atoms in total. The van der Waals surface area contributed by atoms with Gasteiger partial charge in [0.1, 0.15) is 17.2 Å². The number of fused-ring (bicyclic) bond motifs is 3. The van der Waals surface area contributed by atoms with Gasteiger partial charge < -0.3 is 19.5 Å². The van der Waals surface area contributed by atoms with Gasteiger partial charge in [0, 0.05) is 40.6 Å². The Labute approximate surface area is 211 Å². The predicted octanol–water partition coefficient (Wildman–Crippen LogP) is 6.50. The average Bonchev–Trinajstić information content (AvgIpc) is 3.43. The van der Waals surface area contributed by atoms with Gasteiger partial charge in [0.15, 0.2) is 17.3 Å². The fourth-order valence-electron chi connectivity index (χ4n) is 4.38. The molecule has 0 amide bonds. The van der Waals surface area contributed by atoms with Crippen LogP contribution >= 0.6 is 0 Å². The van der Waals surface area contributed by atoms with Crippen LogP contribution in [-0.2, 0) is 0 Å². The van der Waals surface area contributed by atoms with Gasteiger partial charge in [-0.25, -0.2) is 0 Å². The summed E-state index contributed by atoms with van der Waals surface area (Å²) < 4.78 is 17.1. The van der Waals surface area contributed by atoms with Gasteiger partial charge in [0.05, 0.1) is 10.9 Å². The van der Waals surface area contributed by atoms with Crippen LogP contribution in [0.5, 0.6) is 23.0 Å². The summed E-state index contributed by atoms with van der Waals surface area (Å²) in [5.74, 6) is 3.52. The van der Waals surface area contributed by atoms with Crippen LogP contribution in [0.3, 0.4) is 0 Å². The van der Waals surface area contributed by atoms with Crippen molar-refractivity contribution >= 4 is 33.2 Å². The molecule has 3 aromatic carbocycles. The third kappa shape index (κ3) is 3.90. The van der Waals surface area contributed by atoms with Crippen LogP contribution in [0.1, 0.15) is 0 Å². The summed E-state index contributed by atoms with van der Waals surface area (Å²) in [6, 6.07) is 25.3. The van der Waals surface area contributed by atoms with Gasteiger partial charge in [-0.1, -0.05) is 24.3 Å². The topological polar surface area (TPSA) is 91.3 Å². The van der Waals surface area contributed by atoms with Crippen LogP contribution in [0.2, 0.25) is 0 Å². The molecule has 7 rings (SSSR count). The van der Waals surface area contributed by atoms with Crippen LogP contribution in [0.25, 0.3) is 32.9 Å². The molecule has 0 bridgehead atoms. The predicted molar refractivity (Wildman–Crippen MR) is 140 cm³/mol. The van der Waals surface area contributed by atoms with Crippen molar-refractivity contribution in [2.45, 2.75) is 0 Å². The highest BCUT2D eigenvalue weighted by atomic mass is 16.7. The van der Waals surface area contributed by atoms with E-state index in [2.05, 4.69) is 25.5 Å². The lowest BCUT2D eigenvalue weighted by Crippen LogP contribution is -1.99. The monoisotopic (exact) mass is 485 g/mol. The summed E-state index contributed by atoms with van der Waals surface area (Å²) in [4.78, 5) is 8.54. The molecular formula is C29H19N5O3. The Morgan fingerprint density at radius 3 is 2.54 bits per heavy atom. The third-order valence-corrected chi connectivity index (χ3v) is 6.18. The van der Waals surface area contributed by atoms with Crippen molar-refractivity contribution in [2.24, 2.45) is 0 Å². The second-order valence-electron chi connectivity index (χ2n) is 8.46. The molecule has 0 unspecified atom stereocenters. The highest BCUT2D eigenvalue weighted by Gasteiger charge is 2.17. The maximum atomic E-state index is 6.11. The van der Waals surface area contributed by atoms with Crippen LogP contribution in [0, 0.1) is 0 Å². The van der Waals surface area contributed by atoms with Gasteiger partial charge in [0.2, 0.25) is 6.79 Å². The summed E-state index contributed by atoms with van der Waals surface area (Å²) in [7, 11) is 0. The zero-order valence-electron chi connectivity index (χ0n) is 19.5. The number of nitrogens with one attached hydrogen (secondary N) is 1. The number of aromatic nitrogens is 4. The lowest BCUT2D eigenvalue weighted by atomic mass is 10.0. The van der Waals surface area contributed by atoms with E-state index in [1.54, 1.807) is 18.6 Å². The van der Waals surface area contributed by atoms with Gasteiger partial charge >= 0.3 is 0 Å². The second-order valence-corrected chi connectivity index (χ2v) is 8.46. The van der Waals surface area contributed by atoms with E-state index in [1.807, 2.05) is 78.9 Å². The molecule has 0 fully saturated rings. The highest BCUT2D eigenvalue weighted by Crippen LogP contribution is 2.38. The quantitative estimate of drug-likeness (QED) is 0.296. The van der Waals surface area contributed by atoms with Crippen molar-refractivity contribution in [2.75, 3.05) is 12.1 Å². The molecule has 8 heteroatoms. The maximum absolute atomic E-state index is 6.11. The van der Waals surface area contributed by atoms with Gasteiger partial charge in [-0.3, -0.25) is 9.97 Å². The third-order valence-electron chi connectivity index (χ3n) is 6.18. The summed E-state index contributed by atoms with van der Waals surface area (Å²) in [5, 5.41) is 15.3. The molecular weight excluding hydrogens is 466 g/mol. The first-order valence-electron chi connectivity index (χ1n) is 11.7. The Kier molecular flexibility index (Phi) is 4.99. The fraction of sp³-hybridized carbons (Fsp3) is 0.0345. The Bertz CT molecular complexity index is 1770. The highest BCUT2D eigenvalue weighted by molar-refractivity contribution is 6.01. The van der Waals surface area contributed by atoms with Gasteiger partial charge in [-0.05, 0) is 54.6 Å². The number of hydrogen-bond acceptors (Lipinski definition) is 8. The summed E-state index contributed by atoms with van der Waals surface area (Å²) in [5.41, 5.74) is 3.39. The van der Waals surface area contributed by atoms with Gasteiger partial charge in [0.25, 0.3) is 0 Å². The van der Waals surface area contributed by atoms with Crippen LogP contribution < -0.4 is 19.5 Å². The number of ether oxygens (including phenoxy) is 3. The Morgan fingerprint density at radius 2 is 1.62 bits per heavy atom. The standard InChI is InChI=1S/C29H19N5O3/c1-2-4-22-21(3-1)28(18-5-10-26-27(15-18)36-17-35-26)33-34-29(22)32-19-6-8-20(9-7-19)37-25-12-14-31-24-11-13-30-16-23(24)25/h1-16H,17H2,(H,32,34). The van der Waals surface area contributed by atoms with E-state index in [1.165, 1.54) is 0 Å². The van der Waals surface area contributed by atoms with E-state index < -0.39 is 0 Å². The van der Waals surface area contributed by atoms with Crippen LogP contribution in [0.15, 0.2) is 97.5 Å². The SMILES string of the molecule is c1ccc2c(-c3ccc4c(c3)OCO4)nnc(Nc3ccc(Oc4ccnc5ccncc45)cc3)c2c1. The minimum Gasteiger partial charge on any atom is -0.457 e. The van der Waals surface area contributed by atoms with Crippen molar-refractivity contribution in [3.63, 3.8) is 0 Å². The first-order chi connectivity index (χ1) is 18.3. The first-order valence-corrected chi connectivity index (χ1v) is 11.7. The Morgan fingerprint density at radius 1 is 0.757 bits per heavy atom. The molecule has 0 atom stereocenters. The lowest BCUT2D eigenvalue weighted by Gasteiger charge is -2.12. The van der Waals surface area contributed by atoms with Crippen LogP contribution in [0.4, 0.5) is 11.5 Å². The minimum atomic E-state index is 0.230. The molecule has 178 valence electrons. The number of pyridine rings is 2. The van der Waals surface area contributed by atoms with Crippen molar-refractivity contribution in [3.05, 3.63) is 97.5 Å². The summed E-state index contributed by atoms with van der Waals surface area (Å²) >= 11 is 0. The lowest BCUT2D eigenvalue weighted by molar-refractivity contribution is 0.174. The largest absolute Gasteiger partial charge is 0.457 e. The zero-order chi connectivity index (χ0) is 24.6. The minimum absolute atomic E-state index is 0.230. The molecule has 1 aliphatic heterocycles. The molecule has 37 heavy (non-hydrogen) atoms. The molecule has 0 radical (unpaired) electrons. The molecule has 0 aliphatic carbocycles. The molecule has 0 saturated carbocycles. The van der Waals surface area contributed by atoms with E-state index in [4.69, 9.17) is 14.2 Å². The Balaban J connectivity index is 1.17. The number of anilines is 2. The van der Waals surface area contributed by atoms with Crippen molar-refractivity contribution in [3.8, 4) is 34.3 Å². The smallest absolute Gasteiger partial charge is 0.231 e. The number of benzene rings is 3. The number of nitrogens with zero attached hydrogens (tertiary/aromatic N) is 4. The van der Waals surface area contributed by atoms with E-state index in [0.717, 1.165) is 44.4 Å². The summed E-state index contributed by atoms with van der Waals surface area (Å²) in [6.45, 7) is 0.230. The fourth-order valence-corrected chi connectivity index (χ4v) is 4.38. The van der Waals surface area contributed by atoms with E-state index in [9.17, 15) is 0 Å².